The van der Waals surface area contributed by atoms with Crippen LogP contribution in [0.2, 0.25) is 0 Å². The van der Waals surface area contributed by atoms with Crippen LogP contribution in [0.4, 0.5) is 0 Å². The molecule has 5 heterocycles. The van der Waals surface area contributed by atoms with Crippen LogP contribution in [-0.4, -0.2) is 32.4 Å². The van der Waals surface area contributed by atoms with Gasteiger partial charge in [0.15, 0.2) is 0 Å². The van der Waals surface area contributed by atoms with Gasteiger partial charge in [0.05, 0.1) is 22.8 Å². The van der Waals surface area contributed by atoms with Crippen LogP contribution in [0.15, 0.2) is 146 Å². The Morgan fingerprint density at radius 3 is 1.12 bits per heavy atom. The molecule has 1 aliphatic rings. The maximum atomic E-state index is 4.91. The molecule has 0 fully saturated rings. The van der Waals surface area contributed by atoms with Gasteiger partial charge in [-0.15, -0.1) is 0 Å². The number of allylic oxidation sites excluding steroid dienone is 2. The molecule has 0 radical (unpaired) electrons. The van der Waals surface area contributed by atoms with E-state index < -0.39 is 10.0 Å². The number of hydrogen-bond donors (Lipinski definition) is 0. The van der Waals surface area contributed by atoms with Crippen LogP contribution in [0.1, 0.15) is 22.3 Å². The lowest BCUT2D eigenvalue weighted by atomic mass is 9.89. The molecule has 7 rings (SSSR count). The summed E-state index contributed by atoms with van der Waals surface area (Å²) in [6.07, 6.45) is 12.4. The predicted octanol–water partition coefficient (Wildman–Crippen LogP) is 9.12. The molecule has 0 N–H and O–H groups in total. The van der Waals surface area contributed by atoms with Crippen molar-refractivity contribution in [2.24, 2.45) is 0 Å². The van der Waals surface area contributed by atoms with E-state index in [1.807, 2.05) is 48.8 Å². The highest BCUT2D eigenvalue weighted by molar-refractivity contribution is 8.47. The Labute approximate surface area is 253 Å². The van der Waals surface area contributed by atoms with Crippen molar-refractivity contribution in [1.29, 1.82) is 0 Å². The van der Waals surface area contributed by atoms with Gasteiger partial charge in [0, 0.05) is 56.9 Å². The standard InChI is InChI=1S/C38H30N4S/c1-43(2)37(29-19-21-33(41-25-29)31-17-9-11-23-39-31)35(27-13-5-3-6-14-27)36(28-15-7-4-8-16-28)38(43)30-20-22-34(42-26-30)32-18-10-12-24-40-32/h3-26H,1-2H3. The van der Waals surface area contributed by atoms with Gasteiger partial charge in [-0.05, 0) is 60.0 Å². The Morgan fingerprint density at radius 1 is 0.372 bits per heavy atom. The van der Waals surface area contributed by atoms with Crippen molar-refractivity contribution in [2.75, 3.05) is 12.5 Å². The first-order chi connectivity index (χ1) is 21.1. The summed E-state index contributed by atoms with van der Waals surface area (Å²) in [7, 11) is -1.54. The third-order valence-electron chi connectivity index (χ3n) is 7.76. The average Bonchev–Trinajstić information content (AvgIpc) is 3.33. The van der Waals surface area contributed by atoms with Crippen molar-refractivity contribution in [1.82, 2.24) is 19.9 Å². The van der Waals surface area contributed by atoms with Crippen LogP contribution in [-0.2, 0) is 0 Å². The molecule has 2 aromatic carbocycles. The zero-order chi connectivity index (χ0) is 29.2. The molecule has 43 heavy (non-hydrogen) atoms. The van der Waals surface area contributed by atoms with E-state index in [1.54, 1.807) is 12.4 Å². The molecule has 208 valence electrons. The minimum Gasteiger partial charge on any atom is -0.255 e. The van der Waals surface area contributed by atoms with Gasteiger partial charge in [-0.3, -0.25) is 19.9 Å². The van der Waals surface area contributed by atoms with E-state index in [-0.39, 0.29) is 0 Å². The number of benzene rings is 2. The molecule has 4 aromatic heterocycles. The Bertz CT molecular complexity index is 1790. The van der Waals surface area contributed by atoms with Crippen molar-refractivity contribution >= 4 is 31.0 Å². The van der Waals surface area contributed by atoms with E-state index in [4.69, 9.17) is 9.97 Å². The topological polar surface area (TPSA) is 51.6 Å². The minimum absolute atomic E-state index is 0.864. The van der Waals surface area contributed by atoms with Gasteiger partial charge in [-0.2, -0.15) is 10.0 Å². The van der Waals surface area contributed by atoms with Crippen LogP contribution < -0.4 is 0 Å². The third-order valence-corrected chi connectivity index (χ3v) is 10.7. The van der Waals surface area contributed by atoms with E-state index in [2.05, 4.69) is 107 Å². The first-order valence-electron chi connectivity index (χ1n) is 14.2. The van der Waals surface area contributed by atoms with E-state index >= 15 is 0 Å². The van der Waals surface area contributed by atoms with E-state index in [0.29, 0.717) is 0 Å². The summed E-state index contributed by atoms with van der Waals surface area (Å²) in [5.41, 5.74) is 10.6. The number of nitrogens with zero attached hydrogens (tertiary/aromatic N) is 4. The van der Waals surface area contributed by atoms with E-state index in [0.717, 1.165) is 33.9 Å². The Kier molecular flexibility index (Phi) is 7.01. The number of pyridine rings is 4. The fraction of sp³-hybridized carbons (Fsp3) is 0.0526. The van der Waals surface area contributed by atoms with Gasteiger partial charge in [0.25, 0.3) is 0 Å². The van der Waals surface area contributed by atoms with E-state index in [9.17, 15) is 0 Å². The highest BCUT2D eigenvalue weighted by atomic mass is 32.3. The van der Waals surface area contributed by atoms with Gasteiger partial charge < -0.3 is 0 Å². The summed E-state index contributed by atoms with van der Waals surface area (Å²) in [6, 6.07) is 41.9. The number of hydrogen-bond acceptors (Lipinski definition) is 4. The first-order valence-corrected chi connectivity index (χ1v) is 16.6. The summed E-state index contributed by atoms with van der Waals surface area (Å²) in [5, 5.41) is 0. The van der Waals surface area contributed by atoms with Crippen molar-refractivity contribution in [3.8, 4) is 22.8 Å². The smallest absolute Gasteiger partial charge is 0.0886 e. The fourth-order valence-corrected chi connectivity index (χ4v) is 8.95. The van der Waals surface area contributed by atoms with Gasteiger partial charge in [0.2, 0.25) is 0 Å². The molecule has 4 nitrogen and oxygen atoms in total. The van der Waals surface area contributed by atoms with Gasteiger partial charge in [0.1, 0.15) is 0 Å². The lowest BCUT2D eigenvalue weighted by molar-refractivity contribution is 1.24. The quantitative estimate of drug-likeness (QED) is 0.199. The molecule has 0 bridgehead atoms. The predicted molar refractivity (Wildman–Crippen MR) is 181 cm³/mol. The third kappa shape index (κ3) is 4.98. The van der Waals surface area contributed by atoms with Crippen molar-refractivity contribution in [2.45, 2.75) is 0 Å². The molecule has 0 atom stereocenters. The maximum absolute atomic E-state index is 4.91. The summed E-state index contributed by atoms with van der Waals surface area (Å²) < 4.78 is 0. The maximum Gasteiger partial charge on any atom is 0.0886 e. The fourth-order valence-electron chi connectivity index (χ4n) is 5.87. The summed E-state index contributed by atoms with van der Waals surface area (Å²) >= 11 is 0. The molecular formula is C38H30N4S. The first kappa shape index (κ1) is 26.7. The van der Waals surface area contributed by atoms with Crippen LogP contribution >= 0.6 is 10.0 Å². The summed E-state index contributed by atoms with van der Waals surface area (Å²) in [5.74, 6) is 0. The molecule has 0 amide bonds. The Hall–Kier alpha value is -5.13. The largest absolute Gasteiger partial charge is 0.255 e. The molecule has 5 heteroatoms. The molecular weight excluding hydrogens is 545 g/mol. The number of aromatic nitrogens is 4. The SMILES string of the molecule is CS1(C)C(c2ccc(-c3ccccn3)nc2)=C(c2ccccc2)C(c2ccccc2)=C1c1ccc(-c2ccccn2)nc1. The van der Waals surface area contributed by atoms with Crippen molar-refractivity contribution in [3.05, 3.63) is 168 Å². The highest BCUT2D eigenvalue weighted by Gasteiger charge is 2.39. The molecule has 0 saturated heterocycles. The molecule has 0 saturated carbocycles. The molecule has 6 aromatic rings. The lowest BCUT2D eigenvalue weighted by Crippen LogP contribution is -2.01. The number of rotatable bonds is 6. The molecule has 0 spiro atoms. The van der Waals surface area contributed by atoms with Crippen molar-refractivity contribution < 1.29 is 0 Å². The second kappa shape index (κ2) is 11.3. The summed E-state index contributed by atoms with van der Waals surface area (Å²) in [4.78, 5) is 21.5. The summed E-state index contributed by atoms with van der Waals surface area (Å²) in [6.45, 7) is 0. The lowest BCUT2D eigenvalue weighted by Gasteiger charge is -2.34. The zero-order valence-electron chi connectivity index (χ0n) is 24.1. The second-order valence-electron chi connectivity index (χ2n) is 10.8. The van der Waals surface area contributed by atoms with Gasteiger partial charge in [-0.1, -0.05) is 84.9 Å². The van der Waals surface area contributed by atoms with Gasteiger partial charge in [-0.25, -0.2) is 0 Å². The van der Waals surface area contributed by atoms with E-state index in [1.165, 1.54) is 32.1 Å². The zero-order valence-corrected chi connectivity index (χ0v) is 24.9. The monoisotopic (exact) mass is 574 g/mol. The Morgan fingerprint density at radius 2 is 0.767 bits per heavy atom. The van der Waals surface area contributed by atoms with Crippen LogP contribution in [0.25, 0.3) is 43.7 Å². The van der Waals surface area contributed by atoms with Crippen LogP contribution in [0.3, 0.4) is 0 Å². The van der Waals surface area contributed by atoms with Crippen molar-refractivity contribution in [3.63, 3.8) is 0 Å². The minimum atomic E-state index is -1.54. The Balaban J connectivity index is 1.45. The molecule has 0 unspecified atom stereocenters. The normalized spacial score (nSPS) is 15.0. The molecule has 1 aliphatic heterocycles. The van der Waals surface area contributed by atoms with Gasteiger partial charge >= 0.3 is 0 Å². The van der Waals surface area contributed by atoms with Crippen LogP contribution in [0, 0.1) is 0 Å². The molecule has 0 aliphatic carbocycles. The second-order valence-corrected chi connectivity index (χ2v) is 14.2. The highest BCUT2D eigenvalue weighted by Crippen LogP contribution is 2.73. The average molecular weight is 575 g/mol. The van der Waals surface area contributed by atoms with Crippen LogP contribution in [0.5, 0.6) is 0 Å².